The van der Waals surface area contributed by atoms with Crippen LogP contribution in [0.4, 0.5) is 4.39 Å². The first-order valence-electron chi connectivity index (χ1n) is 4.93. The Morgan fingerprint density at radius 2 is 2.29 bits per heavy atom. The molecular formula is C11H17FN2. The molecule has 14 heavy (non-hydrogen) atoms. The number of nitrogens with one attached hydrogen (secondary N) is 1. The van der Waals surface area contributed by atoms with E-state index in [4.69, 9.17) is 5.73 Å². The lowest BCUT2D eigenvalue weighted by Gasteiger charge is -2.13. The molecule has 3 N–H and O–H groups in total. The fraction of sp³-hybridized carbons (Fsp3) is 0.455. The molecule has 0 bridgehead atoms. The molecule has 1 aromatic carbocycles. The van der Waals surface area contributed by atoms with E-state index in [0.29, 0.717) is 6.54 Å². The molecule has 0 saturated heterocycles. The average molecular weight is 196 g/mol. The van der Waals surface area contributed by atoms with Crippen LogP contribution in [0.2, 0.25) is 0 Å². The summed E-state index contributed by atoms with van der Waals surface area (Å²) in [5.74, 6) is -0.185. The predicted molar refractivity (Wildman–Crippen MR) is 56.5 cm³/mol. The normalized spacial score (nSPS) is 12.8. The van der Waals surface area contributed by atoms with Crippen molar-refractivity contribution in [3.05, 3.63) is 35.6 Å². The first-order valence-corrected chi connectivity index (χ1v) is 4.93. The van der Waals surface area contributed by atoms with E-state index in [2.05, 4.69) is 5.32 Å². The highest BCUT2D eigenvalue weighted by Gasteiger charge is 2.04. The molecule has 1 rings (SSSR count). The lowest BCUT2D eigenvalue weighted by molar-refractivity contribution is 0.555. The molecule has 0 aliphatic carbocycles. The number of benzene rings is 1. The van der Waals surface area contributed by atoms with Crippen molar-refractivity contribution in [3.63, 3.8) is 0 Å². The molecule has 78 valence electrons. The summed E-state index contributed by atoms with van der Waals surface area (Å²) in [6.07, 6.45) is 0.944. The van der Waals surface area contributed by atoms with E-state index < -0.39 is 0 Å². The van der Waals surface area contributed by atoms with Crippen LogP contribution in [0, 0.1) is 5.82 Å². The van der Waals surface area contributed by atoms with E-state index in [1.165, 1.54) is 6.07 Å². The Labute approximate surface area is 84.3 Å². The van der Waals surface area contributed by atoms with Crippen molar-refractivity contribution in [2.45, 2.75) is 19.4 Å². The smallest absolute Gasteiger partial charge is 0.123 e. The number of nitrogens with two attached hydrogens (primary N) is 1. The van der Waals surface area contributed by atoms with Gasteiger partial charge >= 0.3 is 0 Å². The molecule has 0 heterocycles. The number of hydrogen-bond acceptors (Lipinski definition) is 2. The third kappa shape index (κ3) is 3.44. The molecule has 0 amide bonds. The van der Waals surface area contributed by atoms with Crippen molar-refractivity contribution in [2.75, 3.05) is 13.1 Å². The second-order valence-corrected chi connectivity index (χ2v) is 3.37. The molecule has 0 aliphatic heterocycles. The van der Waals surface area contributed by atoms with Crippen LogP contribution < -0.4 is 11.1 Å². The number of rotatable bonds is 5. The van der Waals surface area contributed by atoms with Gasteiger partial charge in [0.15, 0.2) is 0 Å². The second kappa shape index (κ2) is 5.73. The minimum Gasteiger partial charge on any atom is -0.330 e. The maximum atomic E-state index is 12.9. The van der Waals surface area contributed by atoms with Crippen molar-refractivity contribution >= 4 is 0 Å². The van der Waals surface area contributed by atoms with Crippen molar-refractivity contribution in [2.24, 2.45) is 5.73 Å². The average Bonchev–Trinajstić information content (AvgIpc) is 2.18. The zero-order chi connectivity index (χ0) is 10.4. The monoisotopic (exact) mass is 196 g/mol. The molecule has 0 spiro atoms. The summed E-state index contributed by atoms with van der Waals surface area (Å²) >= 11 is 0. The van der Waals surface area contributed by atoms with Gasteiger partial charge in [-0.25, -0.2) is 4.39 Å². The van der Waals surface area contributed by atoms with Crippen LogP contribution in [0.3, 0.4) is 0 Å². The largest absolute Gasteiger partial charge is 0.330 e. The maximum Gasteiger partial charge on any atom is 0.123 e. The quantitative estimate of drug-likeness (QED) is 0.705. The van der Waals surface area contributed by atoms with Gasteiger partial charge in [-0.3, -0.25) is 0 Å². The Morgan fingerprint density at radius 1 is 1.50 bits per heavy atom. The second-order valence-electron chi connectivity index (χ2n) is 3.37. The SMILES string of the molecule is C[C@@H](NCCCN)c1cccc(F)c1. The van der Waals surface area contributed by atoms with Crippen molar-refractivity contribution in [1.29, 1.82) is 0 Å². The zero-order valence-corrected chi connectivity index (χ0v) is 8.46. The summed E-state index contributed by atoms with van der Waals surface area (Å²) in [4.78, 5) is 0. The molecule has 0 aliphatic rings. The Balaban J connectivity index is 2.47. The lowest BCUT2D eigenvalue weighted by atomic mass is 10.1. The third-order valence-corrected chi connectivity index (χ3v) is 2.18. The first kappa shape index (κ1) is 11.1. The Morgan fingerprint density at radius 3 is 2.93 bits per heavy atom. The van der Waals surface area contributed by atoms with Gasteiger partial charge in [0.05, 0.1) is 0 Å². The minimum atomic E-state index is -0.185. The maximum absolute atomic E-state index is 12.9. The summed E-state index contributed by atoms with van der Waals surface area (Å²) < 4.78 is 12.9. The molecule has 1 aromatic rings. The highest BCUT2D eigenvalue weighted by atomic mass is 19.1. The van der Waals surface area contributed by atoms with E-state index >= 15 is 0 Å². The van der Waals surface area contributed by atoms with Crippen LogP contribution >= 0.6 is 0 Å². The Hall–Kier alpha value is -0.930. The van der Waals surface area contributed by atoms with E-state index in [0.717, 1.165) is 18.5 Å². The van der Waals surface area contributed by atoms with Gasteiger partial charge in [0.25, 0.3) is 0 Å². The van der Waals surface area contributed by atoms with Gasteiger partial charge in [0, 0.05) is 6.04 Å². The van der Waals surface area contributed by atoms with E-state index in [-0.39, 0.29) is 11.9 Å². The van der Waals surface area contributed by atoms with Crippen molar-refractivity contribution in [3.8, 4) is 0 Å². The molecule has 0 saturated carbocycles. The molecule has 0 radical (unpaired) electrons. The van der Waals surface area contributed by atoms with E-state index in [9.17, 15) is 4.39 Å². The van der Waals surface area contributed by atoms with Gasteiger partial charge < -0.3 is 11.1 Å². The van der Waals surface area contributed by atoms with Gasteiger partial charge in [-0.15, -0.1) is 0 Å². The number of halogens is 1. The molecule has 1 atom stereocenters. The standard InChI is InChI=1S/C11H17FN2/c1-9(14-7-3-6-13)10-4-2-5-11(12)8-10/h2,4-5,8-9,14H,3,6-7,13H2,1H3/t9-/m1/s1. The summed E-state index contributed by atoms with van der Waals surface area (Å²) in [7, 11) is 0. The van der Waals surface area contributed by atoms with Gasteiger partial charge in [0.2, 0.25) is 0 Å². The number of hydrogen-bond donors (Lipinski definition) is 2. The molecule has 0 fully saturated rings. The summed E-state index contributed by atoms with van der Waals surface area (Å²) in [6, 6.07) is 6.84. The van der Waals surface area contributed by atoms with Crippen molar-refractivity contribution in [1.82, 2.24) is 5.32 Å². The molecular weight excluding hydrogens is 179 g/mol. The minimum absolute atomic E-state index is 0.178. The summed E-state index contributed by atoms with van der Waals surface area (Å²) in [5, 5.41) is 3.28. The van der Waals surface area contributed by atoms with Crippen LogP contribution in [-0.2, 0) is 0 Å². The zero-order valence-electron chi connectivity index (χ0n) is 8.46. The lowest BCUT2D eigenvalue weighted by Crippen LogP contribution is -2.21. The summed E-state index contributed by atoms with van der Waals surface area (Å²) in [5.41, 5.74) is 6.35. The van der Waals surface area contributed by atoms with Gasteiger partial charge in [-0.2, -0.15) is 0 Å². The fourth-order valence-electron chi connectivity index (χ4n) is 1.31. The van der Waals surface area contributed by atoms with E-state index in [1.54, 1.807) is 12.1 Å². The van der Waals surface area contributed by atoms with E-state index in [1.807, 2.05) is 13.0 Å². The Kier molecular flexibility index (Phi) is 4.56. The first-order chi connectivity index (χ1) is 6.74. The summed E-state index contributed by atoms with van der Waals surface area (Å²) in [6.45, 7) is 3.57. The molecule has 0 unspecified atom stereocenters. The van der Waals surface area contributed by atoms with Crippen LogP contribution in [0.25, 0.3) is 0 Å². The van der Waals surface area contributed by atoms with Gasteiger partial charge in [-0.1, -0.05) is 12.1 Å². The van der Waals surface area contributed by atoms with Crippen LogP contribution in [0.1, 0.15) is 24.9 Å². The van der Waals surface area contributed by atoms with Crippen LogP contribution in [0.15, 0.2) is 24.3 Å². The highest BCUT2D eigenvalue weighted by Crippen LogP contribution is 2.12. The predicted octanol–water partition coefficient (Wildman–Crippen LogP) is 1.83. The third-order valence-electron chi connectivity index (χ3n) is 2.18. The fourth-order valence-corrected chi connectivity index (χ4v) is 1.31. The van der Waals surface area contributed by atoms with Crippen molar-refractivity contribution < 1.29 is 4.39 Å². The molecule has 2 nitrogen and oxygen atoms in total. The van der Waals surface area contributed by atoms with Crippen LogP contribution in [0.5, 0.6) is 0 Å². The van der Waals surface area contributed by atoms with Gasteiger partial charge in [-0.05, 0) is 44.1 Å². The highest BCUT2D eigenvalue weighted by molar-refractivity contribution is 5.19. The Bertz CT molecular complexity index is 276. The topological polar surface area (TPSA) is 38.0 Å². The molecule has 3 heteroatoms. The van der Waals surface area contributed by atoms with Gasteiger partial charge in [0.1, 0.15) is 5.82 Å². The molecule has 0 aromatic heterocycles. The van der Waals surface area contributed by atoms with Crippen LogP contribution in [-0.4, -0.2) is 13.1 Å².